The number of carbonyl (C=O) groups is 3. The third-order valence-corrected chi connectivity index (χ3v) is 11.6. The maximum atomic E-state index is 14.8. The van der Waals surface area contributed by atoms with Gasteiger partial charge in [-0.2, -0.15) is 0 Å². The van der Waals surface area contributed by atoms with Gasteiger partial charge < -0.3 is 19.4 Å². The van der Waals surface area contributed by atoms with Gasteiger partial charge in [0, 0.05) is 25.0 Å². The van der Waals surface area contributed by atoms with Crippen LogP contribution in [-0.2, 0) is 24.3 Å². The predicted molar refractivity (Wildman–Crippen MR) is 208 cm³/mol. The third kappa shape index (κ3) is 11.7. The number of esters is 2. The number of methoxy groups -OCH3 is 2. The molecule has 1 amide bonds. The zero-order valence-electron chi connectivity index (χ0n) is 32.2. The summed E-state index contributed by atoms with van der Waals surface area (Å²) in [6.45, 7) is 2.21. The Kier molecular flexibility index (Phi) is 16.9. The number of rotatable bonds is 23. The minimum absolute atomic E-state index is 0.0301. The molecule has 1 aliphatic rings. The lowest BCUT2D eigenvalue weighted by Gasteiger charge is -2.34. The van der Waals surface area contributed by atoms with Gasteiger partial charge in [-0.3, -0.25) is 9.10 Å². The Morgan fingerprint density at radius 2 is 1.25 bits per heavy atom. The molecule has 1 aliphatic heterocycles. The highest BCUT2D eigenvalue weighted by Gasteiger charge is 2.41. The third-order valence-electron chi connectivity index (χ3n) is 9.78. The van der Waals surface area contributed by atoms with Gasteiger partial charge in [0.1, 0.15) is 16.5 Å². The standard InChI is InChI=1S/C41H54F2N4O7S/c1-4-5-6-7-8-9-10-11-12-13-14-15-16-17-18-21-26-47-38(44-35-22-19-20-23-36(35)55(47,51)52)37(39(48)45-34-25-24-30(42)27-33(34)43)46-28-31(40(49)53-2)32(29-46)41(50)54-3/h19-20,22-25,27-29,37H,4-18,21,26H2,1-3H3,(H,45,48). The molecule has 0 aliphatic carbocycles. The van der Waals surface area contributed by atoms with Gasteiger partial charge in [0.25, 0.3) is 15.9 Å². The Hall–Kier alpha value is -4.59. The van der Waals surface area contributed by atoms with Crippen molar-refractivity contribution in [2.24, 2.45) is 4.99 Å². The number of nitrogens with one attached hydrogen (secondary N) is 1. The Morgan fingerprint density at radius 3 is 1.76 bits per heavy atom. The molecule has 0 saturated carbocycles. The van der Waals surface area contributed by atoms with Crippen molar-refractivity contribution < 1.29 is 41.1 Å². The Balaban J connectivity index is 1.52. The zero-order valence-corrected chi connectivity index (χ0v) is 33.0. The van der Waals surface area contributed by atoms with Crippen molar-refractivity contribution in [2.45, 2.75) is 121 Å². The molecule has 2 heterocycles. The Labute approximate surface area is 323 Å². The maximum Gasteiger partial charge on any atom is 0.340 e. The number of halogens is 2. The summed E-state index contributed by atoms with van der Waals surface area (Å²) in [5.41, 5.74) is -0.831. The molecule has 300 valence electrons. The highest BCUT2D eigenvalue weighted by atomic mass is 32.2. The molecule has 55 heavy (non-hydrogen) atoms. The molecule has 1 N–H and O–H groups in total. The molecule has 0 bridgehead atoms. The summed E-state index contributed by atoms with van der Waals surface area (Å²) in [5.74, 6) is -5.00. The smallest absolute Gasteiger partial charge is 0.340 e. The number of aliphatic imine (C=N–C) groups is 1. The lowest BCUT2D eigenvalue weighted by molar-refractivity contribution is -0.117. The van der Waals surface area contributed by atoms with Crippen LogP contribution < -0.4 is 5.32 Å². The normalized spacial score (nSPS) is 13.8. The van der Waals surface area contributed by atoms with E-state index in [0.717, 1.165) is 79.7 Å². The van der Waals surface area contributed by atoms with Crippen LogP contribution in [0.4, 0.5) is 20.2 Å². The topological polar surface area (TPSA) is 136 Å². The fraction of sp³-hybridized carbons (Fsp3) is 0.512. The first kappa shape index (κ1) is 43.1. The molecule has 1 atom stereocenters. The second-order valence-corrected chi connectivity index (χ2v) is 15.7. The minimum Gasteiger partial charge on any atom is -0.465 e. The predicted octanol–water partition coefficient (Wildman–Crippen LogP) is 9.52. The number of unbranched alkanes of at least 4 members (excludes halogenated alkanes) is 15. The zero-order chi connectivity index (χ0) is 39.8. The number of ether oxygens (including phenoxy) is 2. The molecular weight excluding hydrogens is 731 g/mol. The van der Waals surface area contributed by atoms with Crippen molar-refractivity contribution in [1.82, 2.24) is 8.87 Å². The van der Waals surface area contributed by atoms with Crippen LogP contribution in [-0.4, -0.2) is 61.7 Å². The minimum atomic E-state index is -4.27. The summed E-state index contributed by atoms with van der Waals surface area (Å²) < 4.78 is 69.0. The van der Waals surface area contributed by atoms with Gasteiger partial charge in [0.05, 0.1) is 36.7 Å². The quantitative estimate of drug-likeness (QED) is 0.0747. The van der Waals surface area contributed by atoms with Crippen molar-refractivity contribution in [1.29, 1.82) is 0 Å². The number of amides is 1. The van der Waals surface area contributed by atoms with Crippen LogP contribution in [0.15, 0.2) is 64.7 Å². The molecule has 1 unspecified atom stereocenters. The molecule has 3 aromatic rings. The Bertz CT molecular complexity index is 1860. The Morgan fingerprint density at radius 1 is 0.745 bits per heavy atom. The van der Waals surface area contributed by atoms with E-state index < -0.39 is 45.5 Å². The van der Waals surface area contributed by atoms with Crippen molar-refractivity contribution >= 4 is 45.1 Å². The van der Waals surface area contributed by atoms with E-state index in [9.17, 15) is 31.6 Å². The van der Waals surface area contributed by atoms with E-state index in [1.165, 1.54) is 76.3 Å². The fourth-order valence-electron chi connectivity index (χ4n) is 6.77. The lowest BCUT2D eigenvalue weighted by Crippen LogP contribution is -2.47. The van der Waals surface area contributed by atoms with E-state index in [2.05, 4.69) is 17.2 Å². The van der Waals surface area contributed by atoms with E-state index in [-0.39, 0.29) is 39.8 Å². The first-order chi connectivity index (χ1) is 26.5. The second-order valence-electron chi connectivity index (χ2n) is 13.9. The molecular formula is C41H54F2N4O7S. The van der Waals surface area contributed by atoms with Gasteiger partial charge >= 0.3 is 11.9 Å². The average Bonchev–Trinajstić information content (AvgIpc) is 3.61. The lowest BCUT2D eigenvalue weighted by atomic mass is 10.0. The summed E-state index contributed by atoms with van der Waals surface area (Å²) in [7, 11) is -2.05. The van der Waals surface area contributed by atoms with Crippen LogP contribution in [0.3, 0.4) is 0 Å². The number of carbonyl (C=O) groups excluding carboxylic acids is 3. The molecule has 2 aromatic carbocycles. The summed E-state index contributed by atoms with van der Waals surface area (Å²) >= 11 is 0. The van der Waals surface area contributed by atoms with Crippen LogP contribution in [0, 0.1) is 11.6 Å². The fourth-order valence-corrected chi connectivity index (χ4v) is 8.39. The molecule has 0 saturated heterocycles. The SMILES string of the molecule is CCCCCCCCCCCCCCCCCCN1C(C(C(=O)Nc2ccc(F)cc2F)n2cc(C(=O)OC)c(C(=O)OC)c2)=Nc2ccccc2S1(=O)=O. The molecule has 0 fully saturated rings. The van der Waals surface area contributed by atoms with Crippen molar-refractivity contribution in [3.63, 3.8) is 0 Å². The molecule has 14 heteroatoms. The van der Waals surface area contributed by atoms with Crippen molar-refractivity contribution in [2.75, 3.05) is 26.1 Å². The van der Waals surface area contributed by atoms with Gasteiger partial charge in [-0.05, 0) is 30.7 Å². The molecule has 4 rings (SSSR count). The average molecular weight is 785 g/mol. The van der Waals surface area contributed by atoms with Crippen LogP contribution >= 0.6 is 0 Å². The number of amidine groups is 1. The number of fused-ring (bicyclic) bond motifs is 1. The molecule has 1 aromatic heterocycles. The molecule has 11 nitrogen and oxygen atoms in total. The summed E-state index contributed by atoms with van der Waals surface area (Å²) in [5, 5.41) is 2.41. The van der Waals surface area contributed by atoms with E-state index in [1.807, 2.05) is 0 Å². The van der Waals surface area contributed by atoms with E-state index >= 15 is 0 Å². The van der Waals surface area contributed by atoms with E-state index in [1.54, 1.807) is 12.1 Å². The van der Waals surface area contributed by atoms with E-state index in [0.29, 0.717) is 12.5 Å². The van der Waals surface area contributed by atoms with Crippen molar-refractivity contribution in [3.8, 4) is 0 Å². The highest BCUT2D eigenvalue weighted by Crippen LogP contribution is 2.36. The number of hydrogen-bond donors (Lipinski definition) is 1. The maximum absolute atomic E-state index is 14.8. The molecule has 0 spiro atoms. The van der Waals surface area contributed by atoms with Gasteiger partial charge in [-0.1, -0.05) is 115 Å². The number of benzene rings is 2. The summed E-state index contributed by atoms with van der Waals surface area (Å²) in [6, 6.07) is 6.99. The summed E-state index contributed by atoms with van der Waals surface area (Å²) in [4.78, 5) is 44.3. The monoisotopic (exact) mass is 784 g/mol. The van der Waals surface area contributed by atoms with Crippen LogP contribution in [0.1, 0.15) is 136 Å². The second kappa shape index (κ2) is 21.5. The van der Waals surface area contributed by atoms with Crippen LogP contribution in [0.5, 0.6) is 0 Å². The van der Waals surface area contributed by atoms with Crippen molar-refractivity contribution in [3.05, 3.63) is 77.6 Å². The number of hydrogen-bond acceptors (Lipinski definition) is 8. The number of para-hydroxylation sites is 1. The van der Waals surface area contributed by atoms with Crippen LogP contribution in [0.25, 0.3) is 0 Å². The van der Waals surface area contributed by atoms with Gasteiger partial charge in [0.2, 0.25) is 0 Å². The number of nitrogens with zero attached hydrogens (tertiary/aromatic N) is 3. The summed E-state index contributed by atoms with van der Waals surface area (Å²) in [6.07, 6.45) is 20.6. The number of sulfonamides is 1. The van der Waals surface area contributed by atoms with Gasteiger partial charge in [-0.25, -0.2) is 31.8 Å². The number of anilines is 1. The first-order valence-electron chi connectivity index (χ1n) is 19.4. The highest BCUT2D eigenvalue weighted by molar-refractivity contribution is 7.90. The van der Waals surface area contributed by atoms with Crippen LogP contribution in [0.2, 0.25) is 0 Å². The van der Waals surface area contributed by atoms with E-state index in [4.69, 9.17) is 9.47 Å². The molecule has 0 radical (unpaired) electrons. The number of aromatic nitrogens is 1. The van der Waals surface area contributed by atoms with Gasteiger partial charge in [-0.15, -0.1) is 0 Å². The first-order valence-corrected chi connectivity index (χ1v) is 20.8. The largest absolute Gasteiger partial charge is 0.465 e. The van der Waals surface area contributed by atoms with Gasteiger partial charge in [0.15, 0.2) is 11.9 Å².